The molecule has 0 bridgehead atoms. The van der Waals surface area contributed by atoms with Crippen LogP contribution in [0.4, 0.5) is 5.95 Å². The van der Waals surface area contributed by atoms with Crippen LogP contribution in [-0.4, -0.2) is 53.5 Å². The Labute approximate surface area is 168 Å². The van der Waals surface area contributed by atoms with E-state index >= 15 is 0 Å². The summed E-state index contributed by atoms with van der Waals surface area (Å²) in [5.41, 5.74) is 2.49. The first-order valence-electron chi connectivity index (χ1n) is 10.1. The molecule has 0 unspecified atom stereocenters. The number of piperazine rings is 1. The standard InChI is InChI=1S/C22H31N5O/c1-17(2)15-19-5-7-20(8-6-19)18(3)25-21(28)16-26-11-13-27(14-12-26)22-23-9-4-10-24-22/h4-10,17-18H,11-16H2,1-3H3,(H,25,28)/t18-/m1/s1. The number of amides is 1. The molecule has 0 aliphatic carbocycles. The molecular weight excluding hydrogens is 350 g/mol. The summed E-state index contributed by atoms with van der Waals surface area (Å²) in [6.07, 6.45) is 4.61. The van der Waals surface area contributed by atoms with Crippen LogP contribution in [0.1, 0.15) is 37.9 Å². The molecule has 3 rings (SSSR count). The molecular formula is C22H31N5O. The fourth-order valence-electron chi connectivity index (χ4n) is 3.55. The highest BCUT2D eigenvalue weighted by Crippen LogP contribution is 2.16. The van der Waals surface area contributed by atoms with Gasteiger partial charge in [-0.1, -0.05) is 38.1 Å². The van der Waals surface area contributed by atoms with Crippen molar-refractivity contribution in [2.24, 2.45) is 5.92 Å². The highest BCUT2D eigenvalue weighted by atomic mass is 16.2. The number of aromatic nitrogens is 2. The molecule has 0 spiro atoms. The number of benzene rings is 1. The molecule has 150 valence electrons. The largest absolute Gasteiger partial charge is 0.348 e. The molecule has 2 aromatic rings. The molecule has 1 aliphatic rings. The monoisotopic (exact) mass is 381 g/mol. The molecule has 6 nitrogen and oxygen atoms in total. The van der Waals surface area contributed by atoms with Crippen LogP contribution in [0.5, 0.6) is 0 Å². The third-order valence-corrected chi connectivity index (χ3v) is 5.08. The maximum Gasteiger partial charge on any atom is 0.234 e. The molecule has 2 heterocycles. The van der Waals surface area contributed by atoms with Crippen LogP contribution < -0.4 is 10.2 Å². The van der Waals surface area contributed by atoms with Crippen LogP contribution >= 0.6 is 0 Å². The van der Waals surface area contributed by atoms with E-state index in [1.54, 1.807) is 12.4 Å². The molecule has 1 fully saturated rings. The first kappa shape index (κ1) is 20.3. The minimum absolute atomic E-state index is 0.0135. The summed E-state index contributed by atoms with van der Waals surface area (Å²) >= 11 is 0. The summed E-state index contributed by atoms with van der Waals surface area (Å²) < 4.78 is 0. The third kappa shape index (κ3) is 5.76. The second-order valence-electron chi connectivity index (χ2n) is 7.94. The Balaban J connectivity index is 1.44. The minimum Gasteiger partial charge on any atom is -0.348 e. The normalized spacial score (nSPS) is 16.2. The van der Waals surface area contributed by atoms with Crippen LogP contribution in [0.2, 0.25) is 0 Å². The van der Waals surface area contributed by atoms with E-state index in [2.05, 4.69) is 63.2 Å². The molecule has 6 heteroatoms. The van der Waals surface area contributed by atoms with Gasteiger partial charge in [-0.3, -0.25) is 9.69 Å². The molecule has 1 aromatic heterocycles. The first-order valence-corrected chi connectivity index (χ1v) is 10.1. The van der Waals surface area contributed by atoms with Gasteiger partial charge in [0.05, 0.1) is 12.6 Å². The summed E-state index contributed by atoms with van der Waals surface area (Å²) in [5.74, 6) is 1.49. The average molecular weight is 382 g/mol. The lowest BCUT2D eigenvalue weighted by molar-refractivity contribution is -0.123. The van der Waals surface area contributed by atoms with Crippen LogP contribution in [0, 0.1) is 5.92 Å². The highest BCUT2D eigenvalue weighted by Gasteiger charge is 2.21. The fraction of sp³-hybridized carbons (Fsp3) is 0.500. The Bertz CT molecular complexity index is 739. The predicted octanol–water partition coefficient (Wildman–Crippen LogP) is 2.67. The zero-order valence-corrected chi connectivity index (χ0v) is 17.1. The lowest BCUT2D eigenvalue weighted by Crippen LogP contribution is -2.50. The van der Waals surface area contributed by atoms with Crippen molar-refractivity contribution in [3.63, 3.8) is 0 Å². The second-order valence-corrected chi connectivity index (χ2v) is 7.94. The van der Waals surface area contributed by atoms with Gasteiger partial charge in [-0.2, -0.15) is 0 Å². The Morgan fingerprint density at radius 3 is 2.29 bits per heavy atom. The lowest BCUT2D eigenvalue weighted by Gasteiger charge is -2.34. The van der Waals surface area contributed by atoms with Crippen molar-refractivity contribution in [2.45, 2.75) is 33.2 Å². The number of hydrogen-bond acceptors (Lipinski definition) is 5. The first-order chi connectivity index (χ1) is 13.5. The number of anilines is 1. The summed E-state index contributed by atoms with van der Waals surface area (Å²) in [5, 5.41) is 3.13. The van der Waals surface area contributed by atoms with E-state index in [4.69, 9.17) is 0 Å². The molecule has 28 heavy (non-hydrogen) atoms. The summed E-state index contributed by atoms with van der Waals surface area (Å²) in [6, 6.07) is 10.4. The Hall–Kier alpha value is -2.47. The Kier molecular flexibility index (Phi) is 6.98. The van der Waals surface area contributed by atoms with Gasteiger partial charge < -0.3 is 10.2 Å². The number of rotatable bonds is 7. The summed E-state index contributed by atoms with van der Waals surface area (Å²) in [7, 11) is 0. The highest BCUT2D eigenvalue weighted by molar-refractivity contribution is 5.78. The van der Waals surface area contributed by atoms with Gasteiger partial charge in [0.25, 0.3) is 0 Å². The van der Waals surface area contributed by atoms with Gasteiger partial charge >= 0.3 is 0 Å². The van der Waals surface area contributed by atoms with Crippen molar-refractivity contribution in [1.29, 1.82) is 0 Å². The van der Waals surface area contributed by atoms with Gasteiger partial charge in [0.15, 0.2) is 0 Å². The van der Waals surface area contributed by atoms with E-state index in [1.165, 1.54) is 5.56 Å². The SMILES string of the molecule is CC(C)Cc1ccc([C@@H](C)NC(=O)CN2CCN(c3ncccn3)CC2)cc1. The molecule has 1 amide bonds. The zero-order chi connectivity index (χ0) is 19.9. The van der Waals surface area contributed by atoms with Crippen molar-refractivity contribution in [1.82, 2.24) is 20.2 Å². The van der Waals surface area contributed by atoms with Gasteiger partial charge in [-0.15, -0.1) is 0 Å². The van der Waals surface area contributed by atoms with Gasteiger partial charge in [-0.25, -0.2) is 9.97 Å². The molecule has 1 saturated heterocycles. The number of hydrogen-bond donors (Lipinski definition) is 1. The van der Waals surface area contributed by atoms with E-state index in [1.807, 2.05) is 13.0 Å². The number of carbonyl (C=O) groups excluding carboxylic acids is 1. The van der Waals surface area contributed by atoms with E-state index in [-0.39, 0.29) is 11.9 Å². The van der Waals surface area contributed by atoms with E-state index < -0.39 is 0 Å². The van der Waals surface area contributed by atoms with Gasteiger partial charge in [0, 0.05) is 38.6 Å². The number of carbonyl (C=O) groups is 1. The van der Waals surface area contributed by atoms with Crippen LogP contribution in [0.15, 0.2) is 42.7 Å². The maximum absolute atomic E-state index is 12.5. The Morgan fingerprint density at radius 2 is 1.68 bits per heavy atom. The second kappa shape index (κ2) is 9.64. The lowest BCUT2D eigenvalue weighted by atomic mass is 10.00. The molecule has 1 aromatic carbocycles. The minimum atomic E-state index is 0.0135. The molecule has 1 aliphatic heterocycles. The van der Waals surface area contributed by atoms with E-state index in [0.717, 1.165) is 44.1 Å². The summed E-state index contributed by atoms with van der Waals surface area (Å²) in [4.78, 5) is 25.4. The average Bonchev–Trinajstić information content (AvgIpc) is 2.69. The van der Waals surface area contributed by atoms with Crippen molar-refractivity contribution >= 4 is 11.9 Å². The van der Waals surface area contributed by atoms with Gasteiger partial charge in [-0.05, 0) is 36.5 Å². The smallest absolute Gasteiger partial charge is 0.234 e. The van der Waals surface area contributed by atoms with Crippen molar-refractivity contribution in [3.8, 4) is 0 Å². The van der Waals surface area contributed by atoms with Gasteiger partial charge in [0.2, 0.25) is 11.9 Å². The molecule has 1 atom stereocenters. The summed E-state index contributed by atoms with van der Waals surface area (Å²) in [6.45, 7) is 10.3. The van der Waals surface area contributed by atoms with Gasteiger partial charge in [0.1, 0.15) is 0 Å². The van der Waals surface area contributed by atoms with Crippen LogP contribution in [0.3, 0.4) is 0 Å². The number of nitrogens with one attached hydrogen (secondary N) is 1. The predicted molar refractivity (Wildman–Crippen MR) is 112 cm³/mol. The van der Waals surface area contributed by atoms with Crippen molar-refractivity contribution in [2.75, 3.05) is 37.6 Å². The van der Waals surface area contributed by atoms with Crippen LogP contribution in [0.25, 0.3) is 0 Å². The van der Waals surface area contributed by atoms with Crippen molar-refractivity contribution < 1.29 is 4.79 Å². The fourth-order valence-corrected chi connectivity index (χ4v) is 3.55. The molecule has 0 radical (unpaired) electrons. The third-order valence-electron chi connectivity index (χ3n) is 5.08. The maximum atomic E-state index is 12.5. The zero-order valence-electron chi connectivity index (χ0n) is 17.1. The number of nitrogens with zero attached hydrogens (tertiary/aromatic N) is 4. The quantitative estimate of drug-likeness (QED) is 0.799. The van der Waals surface area contributed by atoms with E-state index in [0.29, 0.717) is 12.5 Å². The Morgan fingerprint density at radius 1 is 1.04 bits per heavy atom. The van der Waals surface area contributed by atoms with Crippen molar-refractivity contribution in [3.05, 3.63) is 53.9 Å². The molecule has 1 N–H and O–H groups in total. The van der Waals surface area contributed by atoms with Crippen LogP contribution in [-0.2, 0) is 11.2 Å². The molecule has 0 saturated carbocycles. The topological polar surface area (TPSA) is 61.4 Å². The van der Waals surface area contributed by atoms with E-state index in [9.17, 15) is 4.79 Å².